The minimum absolute atomic E-state index is 0.159. The number of aldehydes is 1. The summed E-state index contributed by atoms with van der Waals surface area (Å²) in [7, 11) is 0. The van der Waals surface area contributed by atoms with E-state index >= 15 is 0 Å². The number of carbonyl (C=O) groups is 1. The summed E-state index contributed by atoms with van der Waals surface area (Å²) < 4.78 is 0. The molecule has 1 atom stereocenters. The Morgan fingerprint density at radius 1 is 0.484 bits per heavy atom. The maximum absolute atomic E-state index is 11.3. The van der Waals surface area contributed by atoms with Crippen molar-refractivity contribution in [2.75, 3.05) is 0 Å². The van der Waals surface area contributed by atoms with Crippen molar-refractivity contribution in [3.8, 4) is 0 Å². The Morgan fingerprint density at radius 2 is 0.839 bits per heavy atom. The van der Waals surface area contributed by atoms with Crippen LogP contribution in [0.4, 0.5) is 0 Å². The molecule has 0 aliphatic heterocycles. The average Bonchev–Trinajstić information content (AvgIpc) is 2.79. The zero-order valence-electron chi connectivity index (χ0n) is 21.7. The van der Waals surface area contributed by atoms with Crippen LogP contribution in [-0.2, 0) is 4.79 Å². The van der Waals surface area contributed by atoms with E-state index in [9.17, 15) is 4.79 Å². The molecule has 0 radical (unpaired) electrons. The lowest BCUT2D eigenvalue weighted by Crippen LogP contribution is -1.97. The molecule has 0 aliphatic carbocycles. The smallest absolute Gasteiger partial charge is 0.126 e. The molecule has 31 heavy (non-hydrogen) atoms. The van der Waals surface area contributed by atoms with E-state index in [-0.39, 0.29) is 5.92 Å². The van der Waals surface area contributed by atoms with Gasteiger partial charge in [-0.1, -0.05) is 161 Å². The monoisotopic (exact) mass is 434 g/mol. The molecule has 0 fully saturated rings. The first-order valence-corrected chi connectivity index (χ1v) is 14.5. The van der Waals surface area contributed by atoms with Gasteiger partial charge in [0.25, 0.3) is 0 Å². The van der Waals surface area contributed by atoms with E-state index in [0.717, 1.165) is 19.1 Å². The van der Waals surface area contributed by atoms with Crippen LogP contribution in [0, 0.1) is 5.92 Å². The van der Waals surface area contributed by atoms with Crippen LogP contribution in [0.5, 0.6) is 0 Å². The first kappa shape index (κ1) is 30.4. The summed E-state index contributed by atoms with van der Waals surface area (Å²) >= 11 is 0. The molecule has 0 spiro atoms. The first-order chi connectivity index (χ1) is 15.3. The zero-order valence-corrected chi connectivity index (χ0v) is 21.7. The largest absolute Gasteiger partial charge is 0.303 e. The number of carbonyl (C=O) groups excluding carboxylic acids is 1. The number of rotatable bonds is 26. The van der Waals surface area contributed by atoms with Gasteiger partial charge in [0.2, 0.25) is 0 Å². The van der Waals surface area contributed by atoms with Crippen LogP contribution in [0.15, 0.2) is 12.2 Å². The van der Waals surface area contributed by atoms with Crippen LogP contribution >= 0.6 is 0 Å². The number of hydrogen-bond acceptors (Lipinski definition) is 1. The molecule has 0 aromatic heterocycles. The quantitative estimate of drug-likeness (QED) is 0.0751. The number of hydrogen-bond donors (Lipinski definition) is 0. The third-order valence-electron chi connectivity index (χ3n) is 6.67. The van der Waals surface area contributed by atoms with Crippen molar-refractivity contribution in [2.24, 2.45) is 5.92 Å². The third-order valence-corrected chi connectivity index (χ3v) is 6.67. The molecular formula is C30H58O. The Hall–Kier alpha value is -0.590. The van der Waals surface area contributed by atoms with Crippen LogP contribution < -0.4 is 0 Å². The van der Waals surface area contributed by atoms with Crippen molar-refractivity contribution < 1.29 is 4.79 Å². The van der Waals surface area contributed by atoms with Gasteiger partial charge >= 0.3 is 0 Å². The lowest BCUT2D eigenvalue weighted by molar-refractivity contribution is -0.110. The minimum atomic E-state index is 0.159. The molecule has 0 saturated heterocycles. The Balaban J connectivity index is 3.37. The van der Waals surface area contributed by atoms with Crippen molar-refractivity contribution >= 4 is 6.29 Å². The predicted octanol–water partition coefficient (Wildman–Crippen LogP) is 10.8. The van der Waals surface area contributed by atoms with Gasteiger partial charge in [-0.15, -0.1) is 0 Å². The van der Waals surface area contributed by atoms with Crippen LogP contribution in [0.1, 0.15) is 168 Å². The molecule has 184 valence electrons. The minimum Gasteiger partial charge on any atom is -0.303 e. The van der Waals surface area contributed by atoms with E-state index in [4.69, 9.17) is 0 Å². The van der Waals surface area contributed by atoms with Gasteiger partial charge < -0.3 is 4.79 Å². The second-order valence-electron chi connectivity index (χ2n) is 9.88. The second kappa shape index (κ2) is 27.4. The third kappa shape index (κ3) is 25.5. The Bertz CT molecular complexity index is 359. The highest BCUT2D eigenvalue weighted by molar-refractivity contribution is 5.56. The summed E-state index contributed by atoms with van der Waals surface area (Å²) in [6.07, 6.45) is 38.3. The molecule has 0 aromatic carbocycles. The molecule has 0 amide bonds. The van der Waals surface area contributed by atoms with Crippen molar-refractivity contribution in [1.82, 2.24) is 0 Å². The standard InChI is InChI=1S/C30H58O/c1-3-5-7-9-11-13-15-17-19-21-23-25-27-30(29-31)28-26-24-22-20-18-16-14-12-10-8-6-4-2/h25,27,29-30H,3-24,26,28H2,1-2H3/b27-25+. The molecule has 1 unspecified atom stereocenters. The maximum atomic E-state index is 11.3. The van der Waals surface area contributed by atoms with Crippen molar-refractivity contribution in [3.63, 3.8) is 0 Å². The van der Waals surface area contributed by atoms with E-state index in [1.807, 2.05) is 0 Å². The average molecular weight is 435 g/mol. The highest BCUT2D eigenvalue weighted by Crippen LogP contribution is 2.15. The van der Waals surface area contributed by atoms with E-state index in [2.05, 4.69) is 26.0 Å². The highest BCUT2D eigenvalue weighted by Gasteiger charge is 2.02. The van der Waals surface area contributed by atoms with Gasteiger partial charge in [0.05, 0.1) is 0 Å². The van der Waals surface area contributed by atoms with Gasteiger partial charge in [0.1, 0.15) is 6.29 Å². The number of allylic oxidation sites excluding steroid dienone is 2. The van der Waals surface area contributed by atoms with Crippen molar-refractivity contribution in [3.05, 3.63) is 12.2 Å². The maximum Gasteiger partial charge on any atom is 0.126 e. The molecule has 0 N–H and O–H groups in total. The van der Waals surface area contributed by atoms with Crippen LogP contribution in [0.25, 0.3) is 0 Å². The van der Waals surface area contributed by atoms with Gasteiger partial charge in [-0.05, 0) is 19.3 Å². The number of unbranched alkanes of at least 4 members (excludes halogenated alkanes) is 21. The predicted molar refractivity (Wildman–Crippen MR) is 141 cm³/mol. The van der Waals surface area contributed by atoms with E-state index < -0.39 is 0 Å². The van der Waals surface area contributed by atoms with Crippen molar-refractivity contribution in [2.45, 2.75) is 168 Å². The SMILES string of the molecule is CCCCCCCCCCCC/C=C/C(C=O)CCCCCCCCCCCCCC. The van der Waals surface area contributed by atoms with E-state index in [1.165, 1.54) is 141 Å². The molecule has 0 aromatic rings. The van der Waals surface area contributed by atoms with Gasteiger partial charge in [0.15, 0.2) is 0 Å². The summed E-state index contributed by atoms with van der Waals surface area (Å²) in [4.78, 5) is 11.3. The summed E-state index contributed by atoms with van der Waals surface area (Å²) in [5, 5.41) is 0. The molecule has 0 heterocycles. The van der Waals surface area contributed by atoms with Crippen LogP contribution in [0.3, 0.4) is 0 Å². The highest BCUT2D eigenvalue weighted by atomic mass is 16.1. The molecule has 0 bridgehead atoms. The molecular weight excluding hydrogens is 376 g/mol. The molecule has 0 saturated carbocycles. The molecule has 1 heteroatoms. The van der Waals surface area contributed by atoms with E-state index in [1.54, 1.807) is 0 Å². The fraction of sp³-hybridized carbons (Fsp3) is 0.900. The summed E-state index contributed by atoms with van der Waals surface area (Å²) in [6.45, 7) is 4.57. The Labute approximate surface area is 197 Å². The topological polar surface area (TPSA) is 17.1 Å². The fourth-order valence-corrected chi connectivity index (χ4v) is 4.45. The van der Waals surface area contributed by atoms with Gasteiger partial charge in [-0.3, -0.25) is 0 Å². The van der Waals surface area contributed by atoms with Crippen LogP contribution in [-0.4, -0.2) is 6.29 Å². The first-order valence-electron chi connectivity index (χ1n) is 14.5. The summed E-state index contributed by atoms with van der Waals surface area (Å²) in [5.74, 6) is 0.159. The fourth-order valence-electron chi connectivity index (χ4n) is 4.45. The second-order valence-corrected chi connectivity index (χ2v) is 9.88. The summed E-state index contributed by atoms with van der Waals surface area (Å²) in [6, 6.07) is 0. The lowest BCUT2D eigenvalue weighted by atomic mass is 9.99. The van der Waals surface area contributed by atoms with E-state index in [0.29, 0.717) is 0 Å². The Morgan fingerprint density at radius 3 is 1.23 bits per heavy atom. The van der Waals surface area contributed by atoms with Crippen molar-refractivity contribution in [1.29, 1.82) is 0 Å². The van der Waals surface area contributed by atoms with Gasteiger partial charge in [-0.25, -0.2) is 0 Å². The molecule has 0 rings (SSSR count). The lowest BCUT2D eigenvalue weighted by Gasteiger charge is -2.06. The molecule has 0 aliphatic rings. The zero-order chi connectivity index (χ0) is 22.7. The summed E-state index contributed by atoms with van der Waals surface area (Å²) in [5.41, 5.74) is 0. The Kier molecular flexibility index (Phi) is 26.9. The van der Waals surface area contributed by atoms with Gasteiger partial charge in [-0.2, -0.15) is 0 Å². The van der Waals surface area contributed by atoms with Gasteiger partial charge in [0, 0.05) is 5.92 Å². The molecule has 1 nitrogen and oxygen atoms in total. The normalized spacial score (nSPS) is 12.6. The van der Waals surface area contributed by atoms with Crippen LogP contribution in [0.2, 0.25) is 0 Å².